The third-order valence-corrected chi connectivity index (χ3v) is 7.70. The minimum Gasteiger partial charge on any atom is -0.454 e. The molecule has 2 aliphatic heterocycles. The van der Waals surface area contributed by atoms with Gasteiger partial charge in [-0.25, -0.2) is 9.37 Å². The lowest BCUT2D eigenvalue weighted by molar-refractivity contribution is -0.152. The highest BCUT2D eigenvalue weighted by molar-refractivity contribution is 5.81. The molecule has 2 aromatic heterocycles. The van der Waals surface area contributed by atoms with Gasteiger partial charge in [0.05, 0.1) is 12.1 Å². The first-order chi connectivity index (χ1) is 18.3. The van der Waals surface area contributed by atoms with Crippen molar-refractivity contribution >= 4 is 22.7 Å². The summed E-state index contributed by atoms with van der Waals surface area (Å²) < 4.78 is 26.1. The fourth-order valence-corrected chi connectivity index (χ4v) is 5.57. The van der Waals surface area contributed by atoms with Gasteiger partial charge in [-0.15, -0.1) is 0 Å². The third kappa shape index (κ3) is 5.55. The van der Waals surface area contributed by atoms with Gasteiger partial charge in [0.15, 0.2) is 17.5 Å². The molecule has 1 fully saturated rings. The van der Waals surface area contributed by atoms with Gasteiger partial charge in [0.2, 0.25) is 0 Å². The first kappa shape index (κ1) is 26.2. The number of ketones is 1. The molecule has 1 unspecified atom stereocenters. The summed E-state index contributed by atoms with van der Waals surface area (Å²) in [5.74, 6) is -0.0821. The summed E-state index contributed by atoms with van der Waals surface area (Å²) in [5, 5.41) is 5.10. The molecular formula is C28H35FN4O5. The lowest BCUT2D eigenvalue weighted by Gasteiger charge is -2.31. The summed E-state index contributed by atoms with van der Waals surface area (Å²) in [5.41, 5.74) is 2.68. The van der Waals surface area contributed by atoms with Gasteiger partial charge in [-0.05, 0) is 71.2 Å². The number of aromatic nitrogens is 3. The van der Waals surface area contributed by atoms with Crippen molar-refractivity contribution in [3.8, 4) is 0 Å². The lowest BCUT2D eigenvalue weighted by atomic mass is 9.91. The van der Waals surface area contributed by atoms with Crippen LogP contribution < -0.4 is 5.56 Å². The maximum absolute atomic E-state index is 13.5. The first-order valence-electron chi connectivity index (χ1n) is 13.4. The van der Waals surface area contributed by atoms with Crippen LogP contribution in [-0.4, -0.2) is 51.0 Å². The number of likely N-dealkylation sites (tertiary alicyclic amines) is 1. The van der Waals surface area contributed by atoms with E-state index < -0.39 is 12.1 Å². The van der Waals surface area contributed by atoms with Gasteiger partial charge in [0.1, 0.15) is 11.6 Å². The molecule has 204 valence electrons. The molecule has 1 aromatic carbocycles. The Kier molecular flexibility index (Phi) is 7.69. The van der Waals surface area contributed by atoms with Crippen LogP contribution in [0.1, 0.15) is 81.7 Å². The van der Waals surface area contributed by atoms with Crippen LogP contribution in [0.2, 0.25) is 0 Å². The zero-order valence-corrected chi connectivity index (χ0v) is 21.9. The van der Waals surface area contributed by atoms with Crippen LogP contribution in [-0.2, 0) is 27.3 Å². The SMILES string of the molecule is CC(=O)CCC(=O)OC1CCCn2c1nc(C)c(CCN1CCC(c3noc4cc(F)ccc34)CC1)c2=O.[HH]. The maximum Gasteiger partial charge on any atom is 0.306 e. The predicted octanol–water partition coefficient (Wildman–Crippen LogP) is 4.25. The maximum atomic E-state index is 13.5. The van der Waals surface area contributed by atoms with E-state index in [4.69, 9.17) is 14.2 Å². The summed E-state index contributed by atoms with van der Waals surface area (Å²) >= 11 is 0. The van der Waals surface area contributed by atoms with Crippen LogP contribution in [0.4, 0.5) is 4.39 Å². The second-order valence-electron chi connectivity index (χ2n) is 10.4. The Hall–Kier alpha value is -3.40. The van der Waals surface area contributed by atoms with Crippen LogP contribution in [0.25, 0.3) is 11.0 Å². The van der Waals surface area contributed by atoms with Crippen LogP contribution >= 0.6 is 0 Å². The lowest BCUT2D eigenvalue weighted by Crippen LogP contribution is -2.38. The highest BCUT2D eigenvalue weighted by Crippen LogP contribution is 2.33. The fourth-order valence-electron chi connectivity index (χ4n) is 5.57. The van der Waals surface area contributed by atoms with E-state index in [1.807, 2.05) is 6.92 Å². The number of Topliss-reactive ketones (excluding diaryl/α,β-unsaturated/α-hetero) is 1. The minimum absolute atomic E-state index is 0. The number of aryl methyl sites for hydroxylation is 1. The number of piperidine rings is 1. The van der Waals surface area contributed by atoms with Gasteiger partial charge in [0, 0.05) is 49.6 Å². The molecule has 0 amide bonds. The minimum atomic E-state index is -0.563. The number of ether oxygens (including phenoxy) is 1. The number of carbonyl (C=O) groups is 2. The average molecular weight is 527 g/mol. The van der Waals surface area contributed by atoms with E-state index in [2.05, 4.69) is 10.1 Å². The monoisotopic (exact) mass is 526 g/mol. The molecule has 10 heteroatoms. The molecule has 38 heavy (non-hydrogen) atoms. The molecule has 0 spiro atoms. The zero-order chi connectivity index (χ0) is 26.8. The van der Waals surface area contributed by atoms with E-state index in [1.54, 1.807) is 10.6 Å². The number of nitrogens with zero attached hydrogens (tertiary/aromatic N) is 4. The van der Waals surface area contributed by atoms with Crippen LogP contribution in [0.5, 0.6) is 0 Å². The van der Waals surface area contributed by atoms with E-state index in [0.29, 0.717) is 42.1 Å². The molecule has 0 radical (unpaired) electrons. The van der Waals surface area contributed by atoms with E-state index in [9.17, 15) is 18.8 Å². The molecule has 4 heterocycles. The standard InChI is InChI=1S/C28H33FN4O5.H2/c1-17(34)5-8-25(35)37-23-4-3-12-33-27(23)30-18(2)21(28(33)36)11-15-32-13-9-19(10-14-32)26-22-7-6-20(29)16-24(22)38-31-26;/h6-7,16,19,23H,3-5,8-15H2,1-2H3;1H. The number of benzene rings is 1. The Morgan fingerprint density at radius 1 is 1.18 bits per heavy atom. The molecule has 1 saturated heterocycles. The van der Waals surface area contributed by atoms with Crippen molar-refractivity contribution in [3.63, 3.8) is 0 Å². The summed E-state index contributed by atoms with van der Waals surface area (Å²) in [4.78, 5) is 43.8. The van der Waals surface area contributed by atoms with Crippen LogP contribution in [0.15, 0.2) is 27.5 Å². The largest absolute Gasteiger partial charge is 0.454 e. The highest BCUT2D eigenvalue weighted by atomic mass is 19.1. The van der Waals surface area contributed by atoms with E-state index in [1.165, 1.54) is 19.1 Å². The molecule has 0 saturated carbocycles. The van der Waals surface area contributed by atoms with Gasteiger partial charge in [0.25, 0.3) is 5.56 Å². The number of hydrogen-bond donors (Lipinski definition) is 0. The van der Waals surface area contributed by atoms with Gasteiger partial charge in [-0.3, -0.25) is 14.2 Å². The number of esters is 1. The first-order valence-corrected chi connectivity index (χ1v) is 13.4. The van der Waals surface area contributed by atoms with Gasteiger partial charge in [-0.1, -0.05) is 5.16 Å². The van der Waals surface area contributed by atoms with Crippen molar-refractivity contribution in [1.29, 1.82) is 0 Å². The molecule has 0 aliphatic carbocycles. The Balaban J connectivity index is 0.00000353. The Labute approximate surface area is 221 Å². The summed E-state index contributed by atoms with van der Waals surface area (Å²) in [7, 11) is 0. The second kappa shape index (κ2) is 11.1. The van der Waals surface area contributed by atoms with Crippen molar-refractivity contribution in [2.75, 3.05) is 19.6 Å². The quantitative estimate of drug-likeness (QED) is 0.401. The van der Waals surface area contributed by atoms with Crippen molar-refractivity contribution in [2.24, 2.45) is 0 Å². The normalized spacial score (nSPS) is 18.4. The van der Waals surface area contributed by atoms with Crippen molar-refractivity contribution in [1.82, 2.24) is 19.6 Å². The zero-order valence-electron chi connectivity index (χ0n) is 21.9. The number of fused-ring (bicyclic) bond motifs is 2. The predicted molar refractivity (Wildman–Crippen MR) is 139 cm³/mol. The van der Waals surface area contributed by atoms with E-state index in [0.717, 1.165) is 50.0 Å². The Morgan fingerprint density at radius 3 is 2.74 bits per heavy atom. The van der Waals surface area contributed by atoms with E-state index in [-0.39, 0.29) is 37.3 Å². The second-order valence-corrected chi connectivity index (χ2v) is 10.4. The third-order valence-electron chi connectivity index (χ3n) is 7.70. The summed E-state index contributed by atoms with van der Waals surface area (Å²) in [6.45, 7) is 6.33. The van der Waals surface area contributed by atoms with Gasteiger partial charge >= 0.3 is 5.97 Å². The molecule has 2 aliphatic rings. The molecule has 3 aromatic rings. The Bertz CT molecular complexity index is 1410. The van der Waals surface area contributed by atoms with Crippen molar-refractivity contribution in [3.05, 3.63) is 57.1 Å². The van der Waals surface area contributed by atoms with Crippen molar-refractivity contribution in [2.45, 2.75) is 77.4 Å². The number of rotatable bonds is 8. The van der Waals surface area contributed by atoms with Gasteiger partial charge < -0.3 is 19.0 Å². The highest BCUT2D eigenvalue weighted by Gasteiger charge is 2.29. The smallest absolute Gasteiger partial charge is 0.306 e. The van der Waals surface area contributed by atoms with E-state index >= 15 is 0 Å². The molecular weight excluding hydrogens is 491 g/mol. The topological polar surface area (TPSA) is 108 Å². The number of carbonyl (C=O) groups excluding carboxylic acids is 2. The Morgan fingerprint density at radius 2 is 1.97 bits per heavy atom. The van der Waals surface area contributed by atoms with Crippen molar-refractivity contribution < 1.29 is 24.7 Å². The summed E-state index contributed by atoms with van der Waals surface area (Å²) in [6, 6.07) is 4.54. The number of hydrogen-bond acceptors (Lipinski definition) is 8. The molecule has 0 bridgehead atoms. The molecule has 0 N–H and O–H groups in total. The summed E-state index contributed by atoms with van der Waals surface area (Å²) in [6.07, 6.45) is 3.38. The molecule has 1 atom stereocenters. The average Bonchev–Trinajstić information content (AvgIpc) is 3.31. The molecule has 5 rings (SSSR count). The molecule has 9 nitrogen and oxygen atoms in total. The van der Waals surface area contributed by atoms with Crippen LogP contribution in [0, 0.1) is 12.7 Å². The van der Waals surface area contributed by atoms with Gasteiger partial charge in [-0.2, -0.15) is 0 Å². The fraction of sp³-hybridized carbons (Fsp3) is 0.536. The number of halogens is 1. The van der Waals surface area contributed by atoms with Crippen LogP contribution in [0.3, 0.4) is 0 Å².